The first kappa shape index (κ1) is 10.9. The average molecular weight is 193 g/mol. The Morgan fingerprint density at radius 2 is 2.00 bits per heavy atom. The van der Waals surface area contributed by atoms with Gasteiger partial charge in [-0.25, -0.2) is 0 Å². The number of hydrogen-bond acceptors (Lipinski definition) is 3. The smallest absolute Gasteiger partial charge is 0.152 e. The van der Waals surface area contributed by atoms with Crippen molar-refractivity contribution in [2.24, 2.45) is 5.73 Å². The highest BCUT2D eigenvalue weighted by Crippen LogP contribution is 2.03. The molecule has 0 unspecified atom stereocenters. The number of aliphatic hydroxyl groups excluding tert-OH is 1. The Kier molecular flexibility index (Phi) is 4.29. The molecule has 1 aromatic rings. The first-order valence-corrected chi connectivity index (χ1v) is 4.67. The summed E-state index contributed by atoms with van der Waals surface area (Å²) in [6.45, 7) is -0.124. The maximum Gasteiger partial charge on any atom is 0.152 e. The Hall–Kier alpha value is -1.19. The van der Waals surface area contributed by atoms with Crippen molar-refractivity contribution in [1.29, 1.82) is 0 Å². The molecule has 0 amide bonds. The normalized spacial score (nSPS) is 12.4. The lowest BCUT2D eigenvalue weighted by Crippen LogP contribution is -2.33. The Bertz CT molecular complexity index is 285. The van der Waals surface area contributed by atoms with Crippen LogP contribution in [0.1, 0.15) is 12.0 Å². The third-order valence-corrected chi connectivity index (χ3v) is 2.07. The predicted molar refractivity (Wildman–Crippen MR) is 54.8 cm³/mol. The van der Waals surface area contributed by atoms with Crippen molar-refractivity contribution in [2.45, 2.75) is 18.9 Å². The molecular formula is C11H15NO2. The molecular weight excluding hydrogens is 178 g/mol. The molecule has 0 spiro atoms. The minimum absolute atomic E-state index is 0.0867. The molecule has 0 saturated heterocycles. The fourth-order valence-corrected chi connectivity index (χ4v) is 1.28. The van der Waals surface area contributed by atoms with E-state index in [1.165, 1.54) is 0 Å². The summed E-state index contributed by atoms with van der Waals surface area (Å²) in [4.78, 5) is 11.3. The van der Waals surface area contributed by atoms with Crippen LogP contribution in [0.5, 0.6) is 0 Å². The molecule has 3 N–H and O–H groups in total. The zero-order chi connectivity index (χ0) is 10.4. The summed E-state index contributed by atoms with van der Waals surface area (Å²) >= 11 is 0. The summed E-state index contributed by atoms with van der Waals surface area (Å²) in [5.41, 5.74) is 6.72. The van der Waals surface area contributed by atoms with Crippen LogP contribution in [-0.2, 0) is 11.2 Å². The quantitative estimate of drug-likeness (QED) is 0.716. The molecule has 1 atom stereocenters. The second-order valence-electron chi connectivity index (χ2n) is 3.24. The molecule has 0 bridgehead atoms. The van der Waals surface area contributed by atoms with Gasteiger partial charge in [0.15, 0.2) is 5.78 Å². The average Bonchev–Trinajstić information content (AvgIpc) is 2.19. The number of benzene rings is 1. The van der Waals surface area contributed by atoms with Gasteiger partial charge in [-0.2, -0.15) is 0 Å². The largest absolute Gasteiger partial charge is 0.396 e. The first-order valence-electron chi connectivity index (χ1n) is 4.67. The van der Waals surface area contributed by atoms with E-state index in [1.807, 2.05) is 30.3 Å². The molecule has 0 heterocycles. The number of carbonyl (C=O) groups is 1. The SMILES string of the molecule is N[C@@H](Cc1ccccc1)C(=O)CCO. The second kappa shape index (κ2) is 5.52. The Balaban J connectivity index is 2.49. The van der Waals surface area contributed by atoms with E-state index in [1.54, 1.807) is 0 Å². The molecule has 0 radical (unpaired) electrons. The summed E-state index contributed by atoms with van der Waals surface area (Å²) in [6.07, 6.45) is 0.688. The summed E-state index contributed by atoms with van der Waals surface area (Å²) < 4.78 is 0. The van der Waals surface area contributed by atoms with Crippen LogP contribution in [0.25, 0.3) is 0 Å². The number of ketones is 1. The predicted octanol–water partition coefficient (Wildman–Crippen LogP) is 0.508. The van der Waals surface area contributed by atoms with E-state index < -0.39 is 6.04 Å². The standard InChI is InChI=1S/C11H15NO2/c12-10(11(14)6-7-13)8-9-4-2-1-3-5-9/h1-5,10,13H,6-8,12H2/t10-/m0/s1. The zero-order valence-electron chi connectivity index (χ0n) is 8.02. The van der Waals surface area contributed by atoms with E-state index in [0.29, 0.717) is 6.42 Å². The molecule has 0 aliphatic rings. The highest BCUT2D eigenvalue weighted by atomic mass is 16.3. The fraction of sp³-hybridized carbons (Fsp3) is 0.364. The molecule has 0 fully saturated rings. The van der Waals surface area contributed by atoms with Crippen LogP contribution in [0, 0.1) is 0 Å². The fourth-order valence-electron chi connectivity index (χ4n) is 1.28. The van der Waals surface area contributed by atoms with Gasteiger partial charge in [-0.15, -0.1) is 0 Å². The molecule has 1 rings (SSSR count). The lowest BCUT2D eigenvalue weighted by molar-refractivity contribution is -0.120. The molecule has 0 aromatic heterocycles. The highest BCUT2D eigenvalue weighted by molar-refractivity contribution is 5.84. The topological polar surface area (TPSA) is 63.3 Å². The van der Waals surface area contributed by atoms with Gasteiger partial charge < -0.3 is 10.8 Å². The van der Waals surface area contributed by atoms with Gasteiger partial charge in [0.2, 0.25) is 0 Å². The van der Waals surface area contributed by atoms with Crippen molar-refractivity contribution in [3.63, 3.8) is 0 Å². The number of hydrogen-bond donors (Lipinski definition) is 2. The minimum atomic E-state index is -0.496. The number of nitrogens with two attached hydrogens (primary N) is 1. The van der Waals surface area contributed by atoms with E-state index in [0.717, 1.165) is 5.56 Å². The molecule has 76 valence electrons. The van der Waals surface area contributed by atoms with E-state index in [2.05, 4.69) is 0 Å². The van der Waals surface area contributed by atoms with Crippen LogP contribution < -0.4 is 5.73 Å². The summed E-state index contributed by atoms with van der Waals surface area (Å²) in [5, 5.41) is 8.58. The van der Waals surface area contributed by atoms with Crippen LogP contribution in [0.4, 0.5) is 0 Å². The van der Waals surface area contributed by atoms with Crippen LogP contribution in [0.2, 0.25) is 0 Å². The van der Waals surface area contributed by atoms with Crippen molar-refractivity contribution >= 4 is 5.78 Å². The maximum atomic E-state index is 11.3. The molecule has 0 aliphatic carbocycles. The van der Waals surface area contributed by atoms with Crippen molar-refractivity contribution < 1.29 is 9.90 Å². The monoisotopic (exact) mass is 193 g/mol. The molecule has 3 nitrogen and oxygen atoms in total. The zero-order valence-corrected chi connectivity index (χ0v) is 8.02. The molecule has 3 heteroatoms. The number of carbonyl (C=O) groups excluding carboxylic acids is 1. The van der Waals surface area contributed by atoms with Gasteiger partial charge in [0.05, 0.1) is 12.6 Å². The van der Waals surface area contributed by atoms with E-state index in [-0.39, 0.29) is 18.8 Å². The number of aliphatic hydroxyl groups is 1. The molecule has 0 aliphatic heterocycles. The highest BCUT2D eigenvalue weighted by Gasteiger charge is 2.12. The van der Waals surface area contributed by atoms with E-state index in [9.17, 15) is 4.79 Å². The maximum absolute atomic E-state index is 11.3. The lowest BCUT2D eigenvalue weighted by Gasteiger charge is -2.09. The van der Waals surface area contributed by atoms with E-state index >= 15 is 0 Å². The summed E-state index contributed by atoms with van der Waals surface area (Å²) in [6, 6.07) is 9.13. The third kappa shape index (κ3) is 3.28. The van der Waals surface area contributed by atoms with Gasteiger partial charge >= 0.3 is 0 Å². The third-order valence-electron chi connectivity index (χ3n) is 2.07. The van der Waals surface area contributed by atoms with Crippen molar-refractivity contribution in [1.82, 2.24) is 0 Å². The van der Waals surface area contributed by atoms with Gasteiger partial charge in [-0.1, -0.05) is 30.3 Å². The van der Waals surface area contributed by atoms with Gasteiger partial charge in [-0.3, -0.25) is 4.79 Å². The van der Waals surface area contributed by atoms with Crippen LogP contribution >= 0.6 is 0 Å². The van der Waals surface area contributed by atoms with Gasteiger partial charge in [0.25, 0.3) is 0 Å². The Morgan fingerprint density at radius 1 is 1.36 bits per heavy atom. The molecule has 1 aromatic carbocycles. The van der Waals surface area contributed by atoms with Crippen molar-refractivity contribution in [2.75, 3.05) is 6.61 Å². The van der Waals surface area contributed by atoms with Gasteiger partial charge in [0.1, 0.15) is 0 Å². The first-order chi connectivity index (χ1) is 6.74. The Labute approximate surface area is 83.6 Å². The van der Waals surface area contributed by atoms with Crippen molar-refractivity contribution in [3.8, 4) is 0 Å². The van der Waals surface area contributed by atoms with Gasteiger partial charge in [-0.05, 0) is 12.0 Å². The number of rotatable bonds is 5. The van der Waals surface area contributed by atoms with E-state index in [4.69, 9.17) is 10.8 Å². The van der Waals surface area contributed by atoms with Gasteiger partial charge in [0, 0.05) is 6.42 Å². The van der Waals surface area contributed by atoms with Crippen molar-refractivity contribution in [3.05, 3.63) is 35.9 Å². The summed E-state index contributed by atoms with van der Waals surface area (Å²) in [5.74, 6) is -0.0867. The molecule has 0 saturated carbocycles. The minimum Gasteiger partial charge on any atom is -0.396 e. The van der Waals surface area contributed by atoms with Crippen LogP contribution in [0.15, 0.2) is 30.3 Å². The van der Waals surface area contributed by atoms with Crippen LogP contribution in [0.3, 0.4) is 0 Å². The second-order valence-corrected chi connectivity index (χ2v) is 3.24. The van der Waals surface area contributed by atoms with Crippen LogP contribution in [-0.4, -0.2) is 23.5 Å². The summed E-state index contributed by atoms with van der Waals surface area (Å²) in [7, 11) is 0. The number of Topliss-reactive ketones (excluding diaryl/α,β-unsaturated/α-hetero) is 1. The molecule has 14 heavy (non-hydrogen) atoms. The Morgan fingerprint density at radius 3 is 2.57 bits per heavy atom. The lowest BCUT2D eigenvalue weighted by atomic mass is 10.0.